The van der Waals surface area contributed by atoms with Crippen molar-refractivity contribution in [3.63, 3.8) is 0 Å². The molecule has 0 unspecified atom stereocenters. The lowest BCUT2D eigenvalue weighted by Gasteiger charge is -1.77. The second-order valence-electron chi connectivity index (χ2n) is 0.946. The van der Waals surface area contributed by atoms with Crippen LogP contribution in [0.25, 0.3) is 0 Å². The van der Waals surface area contributed by atoms with Crippen LogP contribution in [0.15, 0.2) is 17.4 Å². The summed E-state index contributed by atoms with van der Waals surface area (Å²) in [5.74, 6) is 4.76. The van der Waals surface area contributed by atoms with Crippen molar-refractivity contribution in [2.45, 2.75) is 0 Å². The van der Waals surface area contributed by atoms with Gasteiger partial charge >= 0.3 is 0 Å². The van der Waals surface area contributed by atoms with Crippen LogP contribution in [0.2, 0.25) is 0 Å². The minimum atomic E-state index is 1.50. The molecule has 0 aromatic carbocycles. The lowest BCUT2D eigenvalue weighted by Crippen LogP contribution is -1.91. The predicted octanol–water partition coefficient (Wildman–Crippen LogP) is -0.336. The predicted molar refractivity (Wildman–Crippen MR) is 30.9 cm³/mol. The van der Waals surface area contributed by atoms with E-state index in [1.54, 1.807) is 19.3 Å². The van der Waals surface area contributed by atoms with Gasteiger partial charge in [-0.1, -0.05) is 0 Å². The summed E-state index contributed by atoms with van der Waals surface area (Å²) in [6.07, 6.45) is 4.94. The average molecular weight is 99.1 g/mol. The Morgan fingerprint density at radius 3 is 2.86 bits per heavy atom. The van der Waals surface area contributed by atoms with Crippen molar-refractivity contribution in [3.8, 4) is 0 Å². The summed E-state index contributed by atoms with van der Waals surface area (Å²) in [6.45, 7) is 0. The van der Waals surface area contributed by atoms with Gasteiger partial charge in [-0.2, -0.15) is 5.10 Å². The lowest BCUT2D eigenvalue weighted by atomic mass is 10.7. The zero-order chi connectivity index (χ0) is 5.54. The summed E-state index contributed by atoms with van der Waals surface area (Å²) in [5, 5.41) is 6.00. The van der Waals surface area contributed by atoms with Crippen LogP contribution in [0.3, 0.4) is 0 Å². The molecule has 7 heavy (non-hydrogen) atoms. The third-order valence-electron chi connectivity index (χ3n) is 0.435. The van der Waals surface area contributed by atoms with Crippen molar-refractivity contribution >= 4 is 6.21 Å². The minimum Gasteiger partial charge on any atom is -0.394 e. The van der Waals surface area contributed by atoms with Crippen molar-refractivity contribution in [3.05, 3.63) is 12.3 Å². The monoisotopic (exact) mass is 99.1 g/mol. The number of hydrogen-bond donors (Lipinski definition) is 2. The van der Waals surface area contributed by atoms with Crippen molar-refractivity contribution in [2.24, 2.45) is 10.9 Å². The Kier molecular flexibility index (Phi) is 4.30. The fourth-order valence-corrected chi connectivity index (χ4v) is 0.189. The first-order valence-corrected chi connectivity index (χ1v) is 1.97. The van der Waals surface area contributed by atoms with E-state index in [0.29, 0.717) is 0 Å². The molecule has 0 saturated heterocycles. The molecule has 0 spiro atoms. The number of nitrogens with two attached hydrogens (primary N) is 1. The van der Waals surface area contributed by atoms with E-state index < -0.39 is 0 Å². The SMILES string of the molecule is CN/C=C\C=N\N. The van der Waals surface area contributed by atoms with Crippen molar-refractivity contribution in [2.75, 3.05) is 7.05 Å². The number of rotatable bonds is 2. The molecule has 0 radical (unpaired) electrons. The summed E-state index contributed by atoms with van der Waals surface area (Å²) in [7, 11) is 1.81. The first-order chi connectivity index (χ1) is 3.41. The molecule has 0 aromatic rings. The van der Waals surface area contributed by atoms with Gasteiger partial charge in [0.2, 0.25) is 0 Å². The van der Waals surface area contributed by atoms with E-state index in [-0.39, 0.29) is 0 Å². The van der Waals surface area contributed by atoms with Gasteiger partial charge in [0.05, 0.1) is 0 Å². The summed E-state index contributed by atoms with van der Waals surface area (Å²) in [5.41, 5.74) is 0. The fraction of sp³-hybridized carbons (Fsp3) is 0.250. The molecule has 0 atom stereocenters. The van der Waals surface area contributed by atoms with Gasteiger partial charge in [-0.3, -0.25) is 0 Å². The highest BCUT2D eigenvalue weighted by atomic mass is 15.1. The Morgan fingerprint density at radius 2 is 2.43 bits per heavy atom. The molecule has 3 heteroatoms. The van der Waals surface area contributed by atoms with Crippen LogP contribution in [-0.4, -0.2) is 13.3 Å². The van der Waals surface area contributed by atoms with E-state index in [9.17, 15) is 0 Å². The van der Waals surface area contributed by atoms with E-state index in [2.05, 4.69) is 10.4 Å². The standard InChI is InChI=1S/C4H9N3/c1-6-3-2-4-7-5/h2-4,6H,5H2,1H3/b3-2-,7-4+. The zero-order valence-electron chi connectivity index (χ0n) is 4.26. The number of hydrogen-bond acceptors (Lipinski definition) is 3. The molecule has 0 saturated carbocycles. The Balaban J connectivity index is 3.09. The van der Waals surface area contributed by atoms with Crippen molar-refractivity contribution in [1.29, 1.82) is 0 Å². The molecular formula is C4H9N3. The molecule has 0 amide bonds. The van der Waals surface area contributed by atoms with Crippen LogP contribution in [0, 0.1) is 0 Å². The van der Waals surface area contributed by atoms with Crippen LogP contribution in [0.1, 0.15) is 0 Å². The first-order valence-electron chi connectivity index (χ1n) is 1.97. The molecular weight excluding hydrogens is 90.1 g/mol. The fourth-order valence-electron chi connectivity index (χ4n) is 0.189. The lowest BCUT2D eigenvalue weighted by molar-refractivity contribution is 1.10. The minimum absolute atomic E-state index is 1.50. The van der Waals surface area contributed by atoms with E-state index in [1.165, 1.54) is 6.21 Å². The van der Waals surface area contributed by atoms with E-state index in [4.69, 9.17) is 5.84 Å². The molecule has 0 aliphatic heterocycles. The van der Waals surface area contributed by atoms with Gasteiger partial charge in [0.15, 0.2) is 0 Å². The van der Waals surface area contributed by atoms with E-state index in [1.807, 2.05) is 0 Å². The maximum atomic E-state index is 4.76. The molecule has 0 heterocycles. The normalized spacial score (nSPS) is 11.0. The second-order valence-corrected chi connectivity index (χ2v) is 0.946. The third-order valence-corrected chi connectivity index (χ3v) is 0.435. The Bertz CT molecular complexity index is 75.0. The summed E-state index contributed by atoms with van der Waals surface area (Å²) in [4.78, 5) is 0. The van der Waals surface area contributed by atoms with Crippen molar-refractivity contribution < 1.29 is 0 Å². The van der Waals surface area contributed by atoms with Gasteiger partial charge in [-0.05, 0) is 12.3 Å². The maximum absolute atomic E-state index is 4.76. The van der Waals surface area contributed by atoms with Gasteiger partial charge in [0.1, 0.15) is 0 Å². The van der Waals surface area contributed by atoms with Gasteiger partial charge in [-0.25, -0.2) is 0 Å². The van der Waals surface area contributed by atoms with Gasteiger partial charge in [0.25, 0.3) is 0 Å². The third kappa shape index (κ3) is 5.01. The van der Waals surface area contributed by atoms with E-state index >= 15 is 0 Å². The Hall–Kier alpha value is -0.990. The number of allylic oxidation sites excluding steroid dienone is 1. The van der Waals surface area contributed by atoms with Crippen LogP contribution in [-0.2, 0) is 0 Å². The average Bonchev–Trinajstić information content (AvgIpc) is 1.69. The summed E-state index contributed by atoms with van der Waals surface area (Å²) in [6, 6.07) is 0. The van der Waals surface area contributed by atoms with Crippen LogP contribution in [0.5, 0.6) is 0 Å². The number of hydrazone groups is 1. The van der Waals surface area contributed by atoms with Crippen LogP contribution in [0.4, 0.5) is 0 Å². The molecule has 0 bridgehead atoms. The smallest absolute Gasteiger partial charge is 0.0479 e. The topological polar surface area (TPSA) is 50.4 Å². The molecule has 3 nitrogen and oxygen atoms in total. The Labute approximate surface area is 42.9 Å². The molecule has 0 aliphatic carbocycles. The first kappa shape index (κ1) is 6.01. The zero-order valence-corrected chi connectivity index (χ0v) is 4.26. The van der Waals surface area contributed by atoms with E-state index in [0.717, 1.165) is 0 Å². The molecule has 0 aromatic heterocycles. The summed E-state index contributed by atoms with van der Waals surface area (Å²) < 4.78 is 0. The van der Waals surface area contributed by atoms with Crippen molar-refractivity contribution in [1.82, 2.24) is 5.32 Å². The molecule has 0 fully saturated rings. The van der Waals surface area contributed by atoms with Gasteiger partial charge in [0, 0.05) is 13.3 Å². The largest absolute Gasteiger partial charge is 0.394 e. The number of nitrogens with zero attached hydrogens (tertiary/aromatic N) is 1. The van der Waals surface area contributed by atoms with Gasteiger partial charge in [-0.15, -0.1) is 0 Å². The highest BCUT2D eigenvalue weighted by Gasteiger charge is 1.55. The number of nitrogens with one attached hydrogen (secondary N) is 1. The van der Waals surface area contributed by atoms with Gasteiger partial charge < -0.3 is 11.2 Å². The highest BCUT2D eigenvalue weighted by molar-refractivity contribution is 5.70. The highest BCUT2D eigenvalue weighted by Crippen LogP contribution is 1.55. The quantitative estimate of drug-likeness (QED) is 0.283. The van der Waals surface area contributed by atoms with Crippen LogP contribution >= 0.6 is 0 Å². The molecule has 0 aliphatic rings. The summed E-state index contributed by atoms with van der Waals surface area (Å²) >= 11 is 0. The Morgan fingerprint density at radius 1 is 1.71 bits per heavy atom. The molecule has 3 N–H and O–H groups in total. The van der Waals surface area contributed by atoms with Crippen LogP contribution < -0.4 is 11.2 Å². The molecule has 40 valence electrons. The molecule has 0 rings (SSSR count). The second kappa shape index (κ2) is 5.01. The maximum Gasteiger partial charge on any atom is 0.0479 e.